The van der Waals surface area contributed by atoms with Gasteiger partial charge in [-0.2, -0.15) is 0 Å². The summed E-state index contributed by atoms with van der Waals surface area (Å²) in [6.45, 7) is 17.5. The van der Waals surface area contributed by atoms with Crippen LogP contribution < -0.4 is 0 Å². The summed E-state index contributed by atoms with van der Waals surface area (Å²) in [5.74, 6) is -1.57. The highest BCUT2D eigenvalue weighted by Crippen LogP contribution is 2.39. The zero-order valence-corrected chi connectivity index (χ0v) is 24.7. The predicted octanol–water partition coefficient (Wildman–Crippen LogP) is 6.67. The van der Waals surface area contributed by atoms with Gasteiger partial charge in [0.1, 0.15) is 12.9 Å². The van der Waals surface area contributed by atoms with E-state index in [0.717, 1.165) is 12.8 Å². The first-order valence-electron chi connectivity index (χ1n) is 13.2. The van der Waals surface area contributed by atoms with E-state index in [4.69, 9.17) is 28.5 Å². The number of hydrogen-bond donors (Lipinski definition) is 1. The Morgan fingerprint density at radius 1 is 1.14 bits per heavy atom. The van der Waals surface area contributed by atoms with Crippen molar-refractivity contribution in [3.05, 3.63) is 12.2 Å². The largest absolute Gasteiger partial charge is 0.481 e. The minimum Gasteiger partial charge on any atom is -0.481 e. The van der Waals surface area contributed by atoms with Gasteiger partial charge in [0, 0.05) is 13.5 Å². The Morgan fingerprint density at radius 3 is 2.40 bits per heavy atom. The molecule has 0 aromatic rings. The number of carboxylic acids is 1. The second-order valence-electron chi connectivity index (χ2n) is 11.6. The van der Waals surface area contributed by atoms with E-state index >= 15 is 0 Å². The van der Waals surface area contributed by atoms with Gasteiger partial charge >= 0.3 is 5.97 Å². The molecule has 1 saturated heterocycles. The average Bonchev–Trinajstić information content (AvgIpc) is 3.03. The maximum atomic E-state index is 11.1. The maximum Gasteiger partial charge on any atom is 0.303 e. The van der Waals surface area contributed by atoms with E-state index in [1.807, 2.05) is 19.9 Å². The van der Waals surface area contributed by atoms with E-state index in [1.54, 1.807) is 7.11 Å². The summed E-state index contributed by atoms with van der Waals surface area (Å²) in [5, 5.41) is 9.18. The lowest BCUT2D eigenvalue weighted by Gasteiger charge is -2.41. The van der Waals surface area contributed by atoms with Gasteiger partial charge in [0.05, 0.1) is 18.3 Å². The third-order valence-corrected chi connectivity index (χ3v) is 11.5. The van der Waals surface area contributed by atoms with Crippen molar-refractivity contribution >= 4 is 14.3 Å². The number of methoxy groups -OCH3 is 1. The second kappa shape index (κ2) is 14.8. The minimum atomic E-state index is -2.04. The lowest BCUT2D eigenvalue weighted by Crippen LogP contribution is -2.47. The first-order chi connectivity index (χ1) is 16.2. The van der Waals surface area contributed by atoms with Crippen molar-refractivity contribution in [2.75, 3.05) is 13.9 Å². The van der Waals surface area contributed by atoms with E-state index in [2.05, 4.69) is 46.9 Å². The van der Waals surface area contributed by atoms with Gasteiger partial charge < -0.3 is 28.5 Å². The second-order valence-corrected chi connectivity index (χ2v) is 16.4. The van der Waals surface area contributed by atoms with Gasteiger partial charge in [-0.05, 0) is 51.2 Å². The molecule has 0 saturated carbocycles. The monoisotopic (exact) mass is 516 g/mol. The predicted molar refractivity (Wildman–Crippen MR) is 142 cm³/mol. The molecular weight excluding hydrogens is 464 g/mol. The van der Waals surface area contributed by atoms with Gasteiger partial charge in [-0.15, -0.1) is 0 Å². The highest BCUT2D eigenvalue weighted by molar-refractivity contribution is 6.74. The molecule has 0 spiro atoms. The van der Waals surface area contributed by atoms with Crippen LogP contribution in [0.15, 0.2) is 12.2 Å². The smallest absolute Gasteiger partial charge is 0.303 e. The van der Waals surface area contributed by atoms with Gasteiger partial charge in [0.15, 0.2) is 14.1 Å². The van der Waals surface area contributed by atoms with Crippen LogP contribution in [0.4, 0.5) is 0 Å². The number of hydrogen-bond acceptors (Lipinski definition) is 6. The number of ether oxygens (including phenoxy) is 4. The number of aliphatic carboxylic acids is 1. The molecule has 1 aliphatic rings. The number of unbranched alkanes of at least 4 members (excludes halogenated alkanes) is 3. The molecule has 8 heteroatoms. The molecule has 0 aromatic carbocycles. The molecule has 1 rings (SSSR count). The fraction of sp³-hybridized carbons (Fsp3) is 0.889. The highest BCUT2D eigenvalue weighted by atomic mass is 28.4. The first kappa shape index (κ1) is 32.3. The fourth-order valence-corrected chi connectivity index (χ4v) is 5.36. The number of carbonyl (C=O) groups is 1. The molecule has 7 nitrogen and oxygen atoms in total. The third-order valence-electron chi connectivity index (χ3n) is 6.97. The fourth-order valence-electron chi connectivity index (χ4n) is 4.00. The quantitative estimate of drug-likeness (QED) is 0.100. The Labute approximate surface area is 215 Å². The van der Waals surface area contributed by atoms with Crippen molar-refractivity contribution < 1.29 is 33.3 Å². The van der Waals surface area contributed by atoms with Crippen LogP contribution in [-0.4, -0.2) is 63.5 Å². The van der Waals surface area contributed by atoms with Crippen molar-refractivity contribution in [2.45, 2.75) is 141 Å². The SMILES string of the molecule is CCCCCC[C@H](OCOC)[C@H](C/C=C/[C@H]1OC(C)(C)O[C@@H]1CCC(=O)O)O[Si](C)(C)C(C)(C)C. The molecule has 1 N–H and O–H groups in total. The summed E-state index contributed by atoms with van der Waals surface area (Å²) < 4.78 is 30.3. The molecule has 0 bridgehead atoms. The highest BCUT2D eigenvalue weighted by Gasteiger charge is 2.42. The van der Waals surface area contributed by atoms with Crippen LogP contribution in [0.2, 0.25) is 18.1 Å². The Morgan fingerprint density at radius 2 is 1.83 bits per heavy atom. The molecule has 4 atom stereocenters. The van der Waals surface area contributed by atoms with Crippen molar-refractivity contribution in [2.24, 2.45) is 0 Å². The van der Waals surface area contributed by atoms with Gasteiger partial charge in [-0.3, -0.25) is 4.79 Å². The lowest BCUT2D eigenvalue weighted by atomic mass is 10.0. The summed E-state index contributed by atoms with van der Waals surface area (Å²) in [4.78, 5) is 11.1. The van der Waals surface area contributed by atoms with Crippen molar-refractivity contribution in [3.63, 3.8) is 0 Å². The molecule has 0 amide bonds. The summed E-state index contributed by atoms with van der Waals surface area (Å²) in [6, 6.07) is 0. The van der Waals surface area contributed by atoms with E-state index in [0.29, 0.717) is 12.8 Å². The molecular formula is C27H52O7Si. The van der Waals surface area contributed by atoms with E-state index in [9.17, 15) is 4.79 Å². The molecule has 0 aliphatic carbocycles. The van der Waals surface area contributed by atoms with E-state index in [-0.39, 0.29) is 42.7 Å². The van der Waals surface area contributed by atoms with Gasteiger partial charge in [0.2, 0.25) is 0 Å². The van der Waals surface area contributed by atoms with Crippen molar-refractivity contribution in [1.29, 1.82) is 0 Å². The Bertz CT molecular complexity index is 642. The van der Waals surface area contributed by atoms with Gasteiger partial charge in [-0.25, -0.2) is 0 Å². The third kappa shape index (κ3) is 11.9. The summed E-state index contributed by atoms with van der Waals surface area (Å²) in [7, 11) is -0.397. The summed E-state index contributed by atoms with van der Waals surface area (Å²) in [6.07, 6.45) is 10.1. The molecule has 1 aliphatic heterocycles. The van der Waals surface area contributed by atoms with Gasteiger partial charge in [0.25, 0.3) is 0 Å². The first-order valence-corrected chi connectivity index (χ1v) is 16.2. The Hall–Kier alpha value is -0.773. The minimum absolute atomic E-state index is 0.0518. The Kier molecular flexibility index (Phi) is 13.7. The lowest BCUT2D eigenvalue weighted by molar-refractivity contribution is -0.147. The molecule has 1 heterocycles. The molecule has 0 aromatic heterocycles. The van der Waals surface area contributed by atoms with Crippen LogP contribution in [0.3, 0.4) is 0 Å². The van der Waals surface area contributed by atoms with Crippen LogP contribution in [0.25, 0.3) is 0 Å². The average molecular weight is 517 g/mol. The summed E-state index contributed by atoms with van der Waals surface area (Å²) in [5.41, 5.74) is 0. The van der Waals surface area contributed by atoms with Crippen LogP contribution >= 0.6 is 0 Å². The molecule has 206 valence electrons. The topological polar surface area (TPSA) is 83.5 Å². The van der Waals surface area contributed by atoms with Crippen molar-refractivity contribution in [3.8, 4) is 0 Å². The molecule has 0 radical (unpaired) electrons. The Balaban J connectivity index is 3.03. The van der Waals surface area contributed by atoms with Crippen LogP contribution in [0.5, 0.6) is 0 Å². The summed E-state index contributed by atoms with van der Waals surface area (Å²) >= 11 is 0. The standard InChI is InChI=1S/C27H52O7Si/c1-10-11-12-13-15-21(31-20-30-7)24(34-35(8,9)26(2,3)4)17-14-16-22-23(18-19-25(28)29)33-27(5,6)32-22/h14,16,21-24H,10-13,15,17-20H2,1-9H3,(H,28,29)/b16-14+/t21-,22+,23+,24-/m0/s1. The van der Waals surface area contributed by atoms with Crippen LogP contribution in [-0.2, 0) is 28.2 Å². The van der Waals surface area contributed by atoms with Crippen LogP contribution in [0.1, 0.15) is 92.9 Å². The van der Waals surface area contributed by atoms with E-state index in [1.165, 1.54) is 19.3 Å². The van der Waals surface area contributed by atoms with Crippen molar-refractivity contribution in [1.82, 2.24) is 0 Å². The maximum absolute atomic E-state index is 11.1. The number of rotatable bonds is 17. The molecule has 35 heavy (non-hydrogen) atoms. The van der Waals surface area contributed by atoms with Crippen LogP contribution in [0, 0.1) is 0 Å². The number of carboxylic acid groups (broad SMARTS) is 1. The zero-order chi connectivity index (χ0) is 26.7. The van der Waals surface area contributed by atoms with E-state index < -0.39 is 20.1 Å². The molecule has 0 unspecified atom stereocenters. The van der Waals surface area contributed by atoms with Gasteiger partial charge in [-0.1, -0.05) is 65.5 Å². The molecule has 1 fully saturated rings. The normalized spacial score (nSPS) is 22.5. The zero-order valence-electron chi connectivity index (χ0n) is 23.7.